The molecule has 0 amide bonds. The first kappa shape index (κ1) is 18.0. The van der Waals surface area contributed by atoms with Gasteiger partial charge in [0.2, 0.25) is 0 Å². The lowest BCUT2D eigenvalue weighted by molar-refractivity contribution is -0.118. The lowest BCUT2D eigenvalue weighted by atomic mass is 9.64. The topological polar surface area (TPSA) is 153 Å². The fraction of sp³-hybridized carbons (Fsp3) is 0.400. The zero-order valence-electron chi connectivity index (χ0n) is 13.9. The highest BCUT2D eigenvalue weighted by Crippen LogP contribution is 2.36. The van der Waals surface area contributed by atoms with Crippen LogP contribution >= 0.6 is 0 Å². The molecular formula is C15H18BN5O5. The van der Waals surface area contributed by atoms with Crippen molar-refractivity contribution in [2.45, 2.75) is 31.6 Å². The summed E-state index contributed by atoms with van der Waals surface area (Å²) in [6.45, 7) is 0.784. The summed E-state index contributed by atoms with van der Waals surface area (Å²) in [6.07, 6.45) is 0.399. The molecule has 0 radical (unpaired) electrons. The Hall–Kier alpha value is -2.79. The molecule has 136 valence electrons. The number of para-hydroxylation sites is 1. The van der Waals surface area contributed by atoms with Gasteiger partial charge in [0.25, 0.3) is 0 Å². The smallest absolute Gasteiger partial charge is 0.526 e. The van der Waals surface area contributed by atoms with Crippen LogP contribution in [0.1, 0.15) is 28.2 Å². The number of tetrazole rings is 1. The number of carbonyl (C=O) groups is 2. The predicted molar refractivity (Wildman–Crippen MR) is 89.7 cm³/mol. The molecule has 1 aliphatic heterocycles. The number of carbonyl (C=O) groups excluding carboxylic acids is 1. The van der Waals surface area contributed by atoms with Crippen LogP contribution in [0.15, 0.2) is 18.2 Å². The molecule has 26 heavy (non-hydrogen) atoms. The molecule has 1 aromatic heterocycles. The summed E-state index contributed by atoms with van der Waals surface area (Å²) in [7, 11) is -1.26. The minimum atomic E-state index is -1.26. The van der Waals surface area contributed by atoms with Gasteiger partial charge >= 0.3 is 13.1 Å². The Morgan fingerprint density at radius 2 is 2.23 bits per heavy atom. The van der Waals surface area contributed by atoms with Crippen LogP contribution < -0.4 is 10.4 Å². The number of carboxylic acid groups (broad SMARTS) is 1. The molecule has 0 bridgehead atoms. The summed E-state index contributed by atoms with van der Waals surface area (Å²) in [5.74, 6) is -1.32. The quantitative estimate of drug-likeness (QED) is 0.545. The predicted octanol–water partition coefficient (Wildman–Crippen LogP) is -0.683. The van der Waals surface area contributed by atoms with Crippen molar-refractivity contribution in [1.29, 1.82) is 0 Å². The maximum absolute atomic E-state index is 12.3. The maximum atomic E-state index is 12.3. The van der Waals surface area contributed by atoms with E-state index < -0.39 is 18.9 Å². The van der Waals surface area contributed by atoms with Gasteiger partial charge in [-0.15, -0.1) is 10.2 Å². The van der Waals surface area contributed by atoms with Crippen LogP contribution in [-0.4, -0.2) is 55.8 Å². The van der Waals surface area contributed by atoms with E-state index >= 15 is 0 Å². The second-order valence-electron chi connectivity index (χ2n) is 6.08. The van der Waals surface area contributed by atoms with Crippen LogP contribution in [0.25, 0.3) is 0 Å². The number of aromatic nitrogens is 4. The summed E-state index contributed by atoms with van der Waals surface area (Å²) >= 11 is 0. The highest BCUT2D eigenvalue weighted by atomic mass is 16.5. The van der Waals surface area contributed by atoms with Crippen molar-refractivity contribution in [2.24, 2.45) is 5.73 Å². The van der Waals surface area contributed by atoms with E-state index in [2.05, 4.69) is 15.4 Å². The van der Waals surface area contributed by atoms with Crippen molar-refractivity contribution >= 4 is 18.9 Å². The van der Waals surface area contributed by atoms with Gasteiger partial charge in [-0.1, -0.05) is 12.1 Å². The Labute approximate surface area is 149 Å². The number of nitrogens with two attached hydrogens (primary N) is 1. The molecule has 1 atom stereocenters. The van der Waals surface area contributed by atoms with Gasteiger partial charge in [0.1, 0.15) is 11.5 Å². The molecule has 4 N–H and O–H groups in total. The lowest BCUT2D eigenvalue weighted by Crippen LogP contribution is -2.36. The normalized spacial score (nSPS) is 16.1. The summed E-state index contributed by atoms with van der Waals surface area (Å²) in [6, 6.07) is 4.75. The number of aromatic carboxylic acids is 1. The summed E-state index contributed by atoms with van der Waals surface area (Å²) in [5, 5.41) is 31.0. The minimum absolute atomic E-state index is 0.00415. The van der Waals surface area contributed by atoms with Crippen LogP contribution in [0.5, 0.6) is 5.75 Å². The second-order valence-corrected chi connectivity index (χ2v) is 6.08. The number of nitrogens with zero attached hydrogens (tertiary/aromatic N) is 4. The standard InChI is InChI=1S/C15H18BN5O5/c17-4-5-21-19-13(18-20-21)8-11(22)7-10-6-9-2-1-3-12(15(23)24)14(9)26-16(10)25/h1-3,10,25H,4-8,17H2,(H,23,24)/t10-/m1/s1. The Kier molecular flexibility index (Phi) is 5.28. The van der Waals surface area contributed by atoms with E-state index in [1.54, 1.807) is 12.1 Å². The van der Waals surface area contributed by atoms with Gasteiger partial charge in [-0.2, -0.15) is 4.80 Å². The molecule has 0 fully saturated rings. The number of fused-ring (bicyclic) bond motifs is 1. The Bertz CT molecular complexity index is 827. The molecule has 0 spiro atoms. The van der Waals surface area contributed by atoms with Crippen molar-refractivity contribution < 1.29 is 24.4 Å². The van der Waals surface area contributed by atoms with Crippen LogP contribution in [-0.2, 0) is 24.2 Å². The number of carboxylic acids is 1. The number of hydrogen-bond donors (Lipinski definition) is 3. The maximum Gasteiger partial charge on any atom is 0.526 e. The van der Waals surface area contributed by atoms with Gasteiger partial charge in [0.05, 0.1) is 18.5 Å². The highest BCUT2D eigenvalue weighted by molar-refractivity contribution is 6.47. The van der Waals surface area contributed by atoms with Gasteiger partial charge in [-0.05, 0) is 23.3 Å². The van der Waals surface area contributed by atoms with Crippen molar-refractivity contribution in [3.63, 3.8) is 0 Å². The third-order valence-corrected chi connectivity index (χ3v) is 4.12. The zero-order chi connectivity index (χ0) is 18.7. The van der Waals surface area contributed by atoms with Crippen molar-refractivity contribution in [1.82, 2.24) is 20.2 Å². The van der Waals surface area contributed by atoms with Gasteiger partial charge < -0.3 is 20.5 Å². The molecule has 2 heterocycles. The van der Waals surface area contributed by atoms with Gasteiger partial charge in [-0.3, -0.25) is 4.79 Å². The molecule has 10 nitrogen and oxygen atoms in total. The zero-order valence-corrected chi connectivity index (χ0v) is 13.9. The molecule has 3 rings (SSSR count). The van der Waals surface area contributed by atoms with Crippen LogP contribution in [0, 0.1) is 0 Å². The van der Waals surface area contributed by atoms with E-state index in [0.29, 0.717) is 30.9 Å². The first-order chi connectivity index (χ1) is 12.5. The third kappa shape index (κ3) is 3.89. The summed E-state index contributed by atoms with van der Waals surface area (Å²) in [5.41, 5.74) is 6.05. The summed E-state index contributed by atoms with van der Waals surface area (Å²) < 4.78 is 5.38. The van der Waals surface area contributed by atoms with Gasteiger partial charge in [0, 0.05) is 18.8 Å². The summed E-state index contributed by atoms with van der Waals surface area (Å²) in [4.78, 5) is 24.8. The Balaban J connectivity index is 1.66. The van der Waals surface area contributed by atoms with Gasteiger partial charge in [-0.25, -0.2) is 4.79 Å². The molecule has 11 heteroatoms. The SMILES string of the molecule is NCCn1nnc(CC(=O)C[C@H]2Cc3cccc(C(=O)O)c3OB2O)n1. The van der Waals surface area contributed by atoms with Crippen LogP contribution in [0.3, 0.4) is 0 Å². The van der Waals surface area contributed by atoms with E-state index in [4.69, 9.17) is 10.4 Å². The Morgan fingerprint density at radius 1 is 1.42 bits per heavy atom. The van der Waals surface area contributed by atoms with E-state index in [1.165, 1.54) is 10.9 Å². The van der Waals surface area contributed by atoms with Crippen LogP contribution in [0.4, 0.5) is 0 Å². The molecule has 0 unspecified atom stereocenters. The number of Topliss-reactive ketones (excluding diaryl/α,β-unsaturated/α-hetero) is 1. The van der Waals surface area contributed by atoms with Crippen molar-refractivity contribution in [3.8, 4) is 5.75 Å². The number of hydrogen-bond acceptors (Lipinski definition) is 8. The number of ketones is 1. The fourth-order valence-electron chi connectivity index (χ4n) is 2.92. The first-order valence-corrected chi connectivity index (χ1v) is 8.16. The minimum Gasteiger partial charge on any atom is -0.535 e. The highest BCUT2D eigenvalue weighted by Gasteiger charge is 2.37. The average molecular weight is 359 g/mol. The third-order valence-electron chi connectivity index (χ3n) is 4.12. The van der Waals surface area contributed by atoms with E-state index in [1.807, 2.05) is 0 Å². The van der Waals surface area contributed by atoms with Gasteiger partial charge in [0.15, 0.2) is 5.82 Å². The molecule has 1 aliphatic rings. The number of rotatable bonds is 7. The Morgan fingerprint density at radius 3 is 2.96 bits per heavy atom. The van der Waals surface area contributed by atoms with E-state index in [9.17, 15) is 19.7 Å². The van der Waals surface area contributed by atoms with Crippen molar-refractivity contribution in [2.75, 3.05) is 6.54 Å². The molecule has 1 aromatic carbocycles. The molecule has 2 aromatic rings. The second kappa shape index (κ2) is 7.62. The molecular weight excluding hydrogens is 341 g/mol. The first-order valence-electron chi connectivity index (χ1n) is 8.16. The molecule has 0 aliphatic carbocycles. The largest absolute Gasteiger partial charge is 0.535 e. The van der Waals surface area contributed by atoms with E-state index in [0.717, 1.165) is 0 Å². The molecule has 0 saturated heterocycles. The van der Waals surface area contributed by atoms with Crippen LogP contribution in [0.2, 0.25) is 5.82 Å². The monoisotopic (exact) mass is 359 g/mol. The fourth-order valence-corrected chi connectivity index (χ4v) is 2.92. The molecule has 0 saturated carbocycles. The average Bonchev–Trinajstić information content (AvgIpc) is 3.02. The van der Waals surface area contributed by atoms with E-state index in [-0.39, 0.29) is 29.9 Å². The lowest BCUT2D eigenvalue weighted by Gasteiger charge is -2.27. The van der Waals surface area contributed by atoms with Crippen molar-refractivity contribution in [3.05, 3.63) is 35.2 Å². The number of benzene rings is 1.